The van der Waals surface area contributed by atoms with Gasteiger partial charge in [0.15, 0.2) is 0 Å². The number of nitrogens with zero attached hydrogens (tertiary/aromatic N) is 4. The lowest BCUT2D eigenvalue weighted by molar-refractivity contribution is 0.0266. The number of aromatic nitrogens is 3. The first kappa shape index (κ1) is 17.6. The van der Waals surface area contributed by atoms with Crippen molar-refractivity contribution in [2.75, 3.05) is 24.7 Å². The first-order chi connectivity index (χ1) is 15.3. The van der Waals surface area contributed by atoms with Crippen LogP contribution in [0.25, 0.3) is 11.0 Å². The Bertz CT molecular complexity index is 1220. The lowest BCUT2D eigenvalue weighted by Gasteiger charge is -2.31. The van der Waals surface area contributed by atoms with Gasteiger partial charge in [-0.05, 0) is 51.9 Å². The zero-order chi connectivity index (χ0) is 24.2. The highest BCUT2D eigenvalue weighted by molar-refractivity contribution is 7.88. The number of fused-ring (bicyclic) bond motifs is 1. The Morgan fingerprint density at radius 2 is 2.07 bits per heavy atom. The van der Waals surface area contributed by atoms with Crippen LogP contribution in [0.2, 0.25) is 0 Å². The predicted octanol–water partition coefficient (Wildman–Crippen LogP) is 1.41. The van der Waals surface area contributed by atoms with E-state index in [-0.39, 0.29) is 23.2 Å². The largest absolute Gasteiger partial charge is 0.388 e. The van der Waals surface area contributed by atoms with Crippen molar-refractivity contribution in [1.82, 2.24) is 18.8 Å². The fourth-order valence-corrected chi connectivity index (χ4v) is 5.41. The second-order valence-corrected chi connectivity index (χ2v) is 10.5. The van der Waals surface area contributed by atoms with E-state index in [2.05, 4.69) is 15.3 Å². The molecule has 1 saturated heterocycles. The molecule has 0 radical (unpaired) electrons. The van der Waals surface area contributed by atoms with Crippen LogP contribution in [0.3, 0.4) is 0 Å². The zero-order valence-corrected chi connectivity index (χ0v) is 17.9. The molecular formula is C20H29N5O4S. The molecule has 0 spiro atoms. The Labute approximate surface area is 180 Å². The molecular weight excluding hydrogens is 406 g/mol. The molecule has 1 aliphatic heterocycles. The van der Waals surface area contributed by atoms with Gasteiger partial charge in [0.05, 0.1) is 17.9 Å². The van der Waals surface area contributed by atoms with Gasteiger partial charge in [0.2, 0.25) is 16.0 Å². The first-order valence-electron chi connectivity index (χ1n) is 11.6. The van der Waals surface area contributed by atoms with E-state index >= 15 is 0 Å². The third-order valence-electron chi connectivity index (χ3n) is 6.22. The number of aliphatic hydroxyl groups is 1. The van der Waals surface area contributed by atoms with E-state index in [1.54, 1.807) is 6.92 Å². The van der Waals surface area contributed by atoms with E-state index in [0.717, 1.165) is 0 Å². The van der Waals surface area contributed by atoms with Crippen molar-refractivity contribution in [2.45, 2.75) is 63.6 Å². The Balaban J connectivity index is 1.73. The minimum absolute atomic E-state index is 0.0446. The van der Waals surface area contributed by atoms with E-state index in [1.807, 2.05) is 0 Å². The lowest BCUT2D eigenvalue weighted by atomic mass is 9.99. The summed E-state index contributed by atoms with van der Waals surface area (Å²) < 4.78 is 49.6. The molecule has 2 atom stereocenters. The molecule has 164 valence electrons. The molecule has 2 aliphatic rings. The van der Waals surface area contributed by atoms with Crippen LogP contribution in [-0.4, -0.2) is 63.4 Å². The van der Waals surface area contributed by atoms with Gasteiger partial charge < -0.3 is 10.4 Å². The number of piperidine rings is 1. The molecule has 0 amide bonds. The van der Waals surface area contributed by atoms with Crippen LogP contribution in [0.4, 0.5) is 5.95 Å². The first-order valence-corrected chi connectivity index (χ1v) is 12.0. The van der Waals surface area contributed by atoms with Gasteiger partial charge in [-0.15, -0.1) is 0 Å². The van der Waals surface area contributed by atoms with Crippen molar-refractivity contribution in [3.8, 4) is 0 Å². The van der Waals surface area contributed by atoms with Gasteiger partial charge in [0, 0.05) is 40.4 Å². The van der Waals surface area contributed by atoms with Crippen molar-refractivity contribution < 1.29 is 17.6 Å². The summed E-state index contributed by atoms with van der Waals surface area (Å²) >= 11 is 0. The van der Waals surface area contributed by atoms with E-state index in [0.29, 0.717) is 50.6 Å². The SMILES string of the molecule is [2H]C([2H])([2H])c1cc2cnc(NC3CCN(S(C)(=O)=O)CC3)nc2n(C2CCCC2(C)O)c1=O. The fraction of sp³-hybridized carbons (Fsp3) is 0.650. The van der Waals surface area contributed by atoms with Gasteiger partial charge >= 0.3 is 0 Å². The maximum Gasteiger partial charge on any atom is 0.255 e. The molecule has 4 rings (SSSR count). The molecule has 2 aromatic rings. The highest BCUT2D eigenvalue weighted by Gasteiger charge is 2.39. The smallest absolute Gasteiger partial charge is 0.255 e. The molecule has 2 N–H and O–H groups in total. The third kappa shape index (κ3) is 3.95. The molecule has 0 aromatic carbocycles. The number of anilines is 1. The minimum atomic E-state index is -3.23. The van der Waals surface area contributed by atoms with Crippen LogP contribution in [-0.2, 0) is 10.0 Å². The summed E-state index contributed by atoms with van der Waals surface area (Å²) in [5, 5.41) is 14.5. The number of rotatable bonds is 4. The van der Waals surface area contributed by atoms with Crippen molar-refractivity contribution in [2.24, 2.45) is 0 Å². The van der Waals surface area contributed by atoms with E-state index in [1.165, 1.54) is 27.4 Å². The molecule has 3 heterocycles. The van der Waals surface area contributed by atoms with E-state index in [4.69, 9.17) is 4.11 Å². The summed E-state index contributed by atoms with van der Waals surface area (Å²) in [6.45, 7) is -0.174. The van der Waals surface area contributed by atoms with Gasteiger partial charge in [-0.1, -0.05) is 0 Å². The number of hydrogen-bond acceptors (Lipinski definition) is 7. The van der Waals surface area contributed by atoms with Crippen LogP contribution in [0.1, 0.15) is 54.7 Å². The number of nitrogens with one attached hydrogen (secondary N) is 1. The van der Waals surface area contributed by atoms with Gasteiger partial charge in [-0.3, -0.25) is 9.36 Å². The number of aryl methyl sites for hydroxylation is 1. The normalized spacial score (nSPS) is 28.2. The Morgan fingerprint density at radius 1 is 1.33 bits per heavy atom. The van der Waals surface area contributed by atoms with Gasteiger partial charge in [0.1, 0.15) is 5.65 Å². The average Bonchev–Trinajstić information content (AvgIpc) is 3.05. The topological polar surface area (TPSA) is 117 Å². The highest BCUT2D eigenvalue weighted by Crippen LogP contribution is 2.39. The maximum absolute atomic E-state index is 13.3. The summed E-state index contributed by atoms with van der Waals surface area (Å²) in [5.74, 6) is 0.271. The van der Waals surface area contributed by atoms with E-state index in [9.17, 15) is 18.3 Å². The monoisotopic (exact) mass is 438 g/mol. The predicted molar refractivity (Wildman–Crippen MR) is 115 cm³/mol. The summed E-state index contributed by atoms with van der Waals surface area (Å²) in [5.41, 5.74) is -1.90. The molecule has 2 fully saturated rings. The fourth-order valence-electron chi connectivity index (χ4n) is 4.53. The molecule has 9 nitrogen and oxygen atoms in total. The molecule has 2 unspecified atom stereocenters. The summed E-state index contributed by atoms with van der Waals surface area (Å²) in [7, 11) is -3.23. The van der Waals surface area contributed by atoms with E-state index < -0.39 is 34.1 Å². The Kier molecular flexibility index (Phi) is 4.45. The standard InChI is InChI=1S/C20H29N5O4S/c1-13-11-14-12-21-19(22-15-6-9-24(10-7-15)30(3,28)29)23-17(14)25(18(13)26)16-5-4-8-20(16,2)27/h11-12,15-16,27H,4-10H2,1-3H3,(H,21,22,23)/i1D3. The maximum atomic E-state index is 13.3. The molecule has 1 saturated carbocycles. The highest BCUT2D eigenvalue weighted by atomic mass is 32.2. The van der Waals surface area contributed by atoms with Crippen LogP contribution < -0.4 is 10.9 Å². The number of hydrogen-bond donors (Lipinski definition) is 2. The van der Waals surface area contributed by atoms with Crippen LogP contribution >= 0.6 is 0 Å². The molecule has 10 heteroatoms. The lowest BCUT2D eigenvalue weighted by Crippen LogP contribution is -2.42. The van der Waals surface area contributed by atoms with Crippen molar-refractivity contribution in [3.05, 3.63) is 28.2 Å². The Hall–Kier alpha value is -2.04. The van der Waals surface area contributed by atoms with Gasteiger partial charge in [-0.2, -0.15) is 4.98 Å². The quantitative estimate of drug-likeness (QED) is 0.741. The van der Waals surface area contributed by atoms with Crippen molar-refractivity contribution in [3.63, 3.8) is 0 Å². The summed E-state index contributed by atoms with van der Waals surface area (Å²) in [6, 6.07) is 0.659. The second-order valence-electron chi connectivity index (χ2n) is 8.55. The van der Waals surface area contributed by atoms with Crippen molar-refractivity contribution in [1.29, 1.82) is 0 Å². The second kappa shape index (κ2) is 7.58. The van der Waals surface area contributed by atoms with Gasteiger partial charge in [0.25, 0.3) is 5.56 Å². The van der Waals surface area contributed by atoms with Gasteiger partial charge in [-0.25, -0.2) is 17.7 Å². The molecule has 2 aromatic heterocycles. The summed E-state index contributed by atoms with van der Waals surface area (Å²) in [6.07, 6.45) is 5.57. The molecule has 1 aliphatic carbocycles. The van der Waals surface area contributed by atoms with Crippen LogP contribution in [0.15, 0.2) is 17.1 Å². The third-order valence-corrected chi connectivity index (χ3v) is 7.52. The molecule has 0 bridgehead atoms. The zero-order valence-electron chi connectivity index (χ0n) is 20.1. The Morgan fingerprint density at radius 3 is 2.67 bits per heavy atom. The van der Waals surface area contributed by atoms with Crippen molar-refractivity contribution >= 4 is 27.0 Å². The van der Waals surface area contributed by atoms with Crippen LogP contribution in [0.5, 0.6) is 0 Å². The number of pyridine rings is 1. The average molecular weight is 439 g/mol. The molecule has 30 heavy (non-hydrogen) atoms. The minimum Gasteiger partial charge on any atom is -0.388 e. The van der Waals surface area contributed by atoms with Crippen LogP contribution in [0, 0.1) is 6.85 Å². The number of sulfonamides is 1. The summed E-state index contributed by atoms with van der Waals surface area (Å²) in [4.78, 5) is 22.1.